The standard InChI is InChI=1S/C24H30N2O4/c25-19-9-5-17(6-10-19)24(22(29)30,18-7-11-20(26)12-8-18)23(16-13-21(27)28)14-3-1-2-4-15-23/h5-12H,1-4,13-16,25-26H2,(H,27,28)(H,29,30). The van der Waals surface area contributed by atoms with Crippen LogP contribution in [0.5, 0.6) is 0 Å². The van der Waals surface area contributed by atoms with Gasteiger partial charge in [-0.05, 0) is 60.1 Å². The van der Waals surface area contributed by atoms with Crippen LogP contribution in [0.25, 0.3) is 0 Å². The lowest BCUT2D eigenvalue weighted by Crippen LogP contribution is -2.52. The summed E-state index contributed by atoms with van der Waals surface area (Å²) in [5.41, 5.74) is 12.0. The van der Waals surface area contributed by atoms with E-state index < -0.39 is 22.8 Å². The van der Waals surface area contributed by atoms with Crippen molar-refractivity contribution in [1.29, 1.82) is 0 Å². The predicted molar refractivity (Wildman–Crippen MR) is 117 cm³/mol. The average molecular weight is 411 g/mol. The van der Waals surface area contributed by atoms with Crippen LogP contribution in [-0.4, -0.2) is 22.2 Å². The molecule has 0 heterocycles. The Morgan fingerprint density at radius 1 is 0.800 bits per heavy atom. The molecule has 2 aromatic carbocycles. The van der Waals surface area contributed by atoms with Crippen LogP contribution in [0, 0.1) is 5.41 Å². The van der Waals surface area contributed by atoms with Gasteiger partial charge in [0.25, 0.3) is 0 Å². The highest BCUT2D eigenvalue weighted by molar-refractivity contribution is 5.88. The number of hydrogen-bond acceptors (Lipinski definition) is 4. The maximum atomic E-state index is 13.2. The molecule has 0 aliphatic heterocycles. The van der Waals surface area contributed by atoms with E-state index >= 15 is 0 Å². The van der Waals surface area contributed by atoms with Crippen molar-refractivity contribution >= 4 is 23.3 Å². The molecule has 1 fully saturated rings. The fraction of sp³-hybridized carbons (Fsp3) is 0.417. The second-order valence-corrected chi connectivity index (χ2v) is 8.39. The van der Waals surface area contributed by atoms with E-state index in [9.17, 15) is 19.8 Å². The Balaban J connectivity index is 2.33. The molecule has 160 valence electrons. The van der Waals surface area contributed by atoms with Gasteiger partial charge in [-0.3, -0.25) is 9.59 Å². The van der Waals surface area contributed by atoms with E-state index in [0.29, 0.717) is 41.8 Å². The lowest BCUT2D eigenvalue weighted by molar-refractivity contribution is -0.150. The Bertz CT molecular complexity index is 837. The van der Waals surface area contributed by atoms with Gasteiger partial charge in [-0.2, -0.15) is 0 Å². The summed E-state index contributed by atoms with van der Waals surface area (Å²) in [6.07, 6.45) is 5.32. The minimum atomic E-state index is -1.39. The molecule has 0 amide bonds. The molecule has 0 saturated heterocycles. The Morgan fingerprint density at radius 2 is 1.23 bits per heavy atom. The molecule has 0 atom stereocenters. The van der Waals surface area contributed by atoms with Crippen LogP contribution in [0.3, 0.4) is 0 Å². The Morgan fingerprint density at radius 3 is 1.60 bits per heavy atom. The summed E-state index contributed by atoms with van der Waals surface area (Å²) in [6, 6.07) is 13.9. The van der Waals surface area contributed by atoms with Crippen LogP contribution in [-0.2, 0) is 15.0 Å². The predicted octanol–water partition coefficient (Wildman–Crippen LogP) is 4.43. The number of aliphatic carboxylic acids is 2. The summed E-state index contributed by atoms with van der Waals surface area (Å²) < 4.78 is 0. The number of nitrogen functional groups attached to an aromatic ring is 2. The molecular weight excluding hydrogens is 380 g/mol. The van der Waals surface area contributed by atoms with E-state index in [4.69, 9.17) is 11.5 Å². The molecule has 6 nitrogen and oxygen atoms in total. The van der Waals surface area contributed by atoms with E-state index in [1.807, 2.05) is 0 Å². The summed E-state index contributed by atoms with van der Waals surface area (Å²) >= 11 is 0. The molecule has 2 aromatic rings. The lowest BCUT2D eigenvalue weighted by atomic mass is 9.52. The Hall–Kier alpha value is -3.02. The third-order valence-electron chi connectivity index (χ3n) is 6.68. The number of nitrogens with two attached hydrogens (primary N) is 2. The molecule has 30 heavy (non-hydrogen) atoms. The zero-order valence-corrected chi connectivity index (χ0v) is 17.1. The van der Waals surface area contributed by atoms with E-state index in [-0.39, 0.29) is 6.42 Å². The summed E-state index contributed by atoms with van der Waals surface area (Å²) in [5.74, 6) is -1.88. The van der Waals surface area contributed by atoms with E-state index in [0.717, 1.165) is 25.7 Å². The monoisotopic (exact) mass is 410 g/mol. The van der Waals surface area contributed by atoms with E-state index in [1.54, 1.807) is 48.5 Å². The van der Waals surface area contributed by atoms with Gasteiger partial charge < -0.3 is 21.7 Å². The molecule has 3 rings (SSSR count). The Kier molecular flexibility index (Phi) is 6.34. The van der Waals surface area contributed by atoms with Crippen LogP contribution in [0.4, 0.5) is 11.4 Å². The molecule has 6 heteroatoms. The van der Waals surface area contributed by atoms with Crippen molar-refractivity contribution in [2.75, 3.05) is 11.5 Å². The summed E-state index contributed by atoms with van der Waals surface area (Å²) in [7, 11) is 0. The zero-order valence-electron chi connectivity index (χ0n) is 17.1. The zero-order chi connectivity index (χ0) is 21.8. The van der Waals surface area contributed by atoms with Gasteiger partial charge in [0.05, 0.1) is 0 Å². The van der Waals surface area contributed by atoms with Gasteiger partial charge in [0.15, 0.2) is 0 Å². The van der Waals surface area contributed by atoms with Crippen LogP contribution in [0.15, 0.2) is 48.5 Å². The van der Waals surface area contributed by atoms with Gasteiger partial charge in [0, 0.05) is 17.8 Å². The van der Waals surface area contributed by atoms with Gasteiger partial charge in [0.1, 0.15) is 5.41 Å². The maximum Gasteiger partial charge on any atom is 0.319 e. The van der Waals surface area contributed by atoms with Crippen LogP contribution in [0.1, 0.15) is 62.5 Å². The normalized spacial score (nSPS) is 16.5. The van der Waals surface area contributed by atoms with Crippen molar-refractivity contribution in [3.05, 3.63) is 59.7 Å². The second kappa shape index (κ2) is 8.78. The van der Waals surface area contributed by atoms with Crippen LogP contribution in [0.2, 0.25) is 0 Å². The Labute approximate surface area is 176 Å². The first-order valence-electron chi connectivity index (χ1n) is 10.5. The maximum absolute atomic E-state index is 13.2. The van der Waals surface area contributed by atoms with Crippen molar-refractivity contribution in [2.45, 2.75) is 56.8 Å². The highest BCUT2D eigenvalue weighted by Crippen LogP contribution is 2.57. The number of carboxylic acids is 2. The molecule has 0 radical (unpaired) electrons. The third kappa shape index (κ3) is 3.86. The molecule has 1 saturated carbocycles. The molecule has 0 unspecified atom stereocenters. The van der Waals surface area contributed by atoms with Gasteiger partial charge >= 0.3 is 11.9 Å². The quantitative estimate of drug-likeness (QED) is 0.395. The topological polar surface area (TPSA) is 127 Å². The molecule has 1 aliphatic rings. The highest BCUT2D eigenvalue weighted by Gasteiger charge is 2.58. The molecule has 6 N–H and O–H groups in total. The van der Waals surface area contributed by atoms with Gasteiger partial charge in [-0.1, -0.05) is 49.9 Å². The van der Waals surface area contributed by atoms with Gasteiger partial charge in [-0.25, -0.2) is 0 Å². The van der Waals surface area contributed by atoms with Crippen LogP contribution < -0.4 is 11.5 Å². The number of anilines is 2. The third-order valence-corrected chi connectivity index (χ3v) is 6.68. The van der Waals surface area contributed by atoms with E-state index in [2.05, 4.69) is 0 Å². The fourth-order valence-corrected chi connectivity index (χ4v) is 5.28. The number of hydrogen-bond donors (Lipinski definition) is 4. The molecule has 0 aromatic heterocycles. The lowest BCUT2D eigenvalue weighted by Gasteiger charge is -2.49. The number of carboxylic acid groups (broad SMARTS) is 2. The van der Waals surface area contributed by atoms with Crippen molar-refractivity contribution in [3.63, 3.8) is 0 Å². The van der Waals surface area contributed by atoms with Crippen molar-refractivity contribution in [2.24, 2.45) is 5.41 Å². The SMILES string of the molecule is Nc1ccc(C(C(=O)O)(c2ccc(N)cc2)C2(CCC(=O)O)CCCCCC2)cc1. The molecule has 0 bridgehead atoms. The van der Waals surface area contributed by atoms with Gasteiger partial charge in [0.2, 0.25) is 0 Å². The molecular formula is C24H30N2O4. The summed E-state index contributed by atoms with van der Waals surface area (Å²) in [4.78, 5) is 24.8. The van der Waals surface area contributed by atoms with E-state index in [1.165, 1.54) is 0 Å². The number of rotatable bonds is 7. The summed E-state index contributed by atoms with van der Waals surface area (Å²) in [6.45, 7) is 0. The minimum absolute atomic E-state index is 0.0705. The fourth-order valence-electron chi connectivity index (χ4n) is 5.28. The smallest absolute Gasteiger partial charge is 0.319 e. The first kappa shape index (κ1) is 21.7. The second-order valence-electron chi connectivity index (χ2n) is 8.39. The number of benzene rings is 2. The van der Waals surface area contributed by atoms with Crippen molar-refractivity contribution < 1.29 is 19.8 Å². The highest BCUT2D eigenvalue weighted by atomic mass is 16.4. The van der Waals surface area contributed by atoms with Crippen molar-refractivity contribution in [1.82, 2.24) is 0 Å². The first-order chi connectivity index (χ1) is 14.3. The minimum Gasteiger partial charge on any atom is -0.481 e. The molecule has 0 spiro atoms. The van der Waals surface area contributed by atoms with Crippen LogP contribution >= 0.6 is 0 Å². The molecule has 1 aliphatic carbocycles. The van der Waals surface area contributed by atoms with Gasteiger partial charge in [-0.15, -0.1) is 0 Å². The average Bonchev–Trinajstić information content (AvgIpc) is 2.96. The first-order valence-corrected chi connectivity index (χ1v) is 10.5. The van der Waals surface area contributed by atoms with Crippen molar-refractivity contribution in [3.8, 4) is 0 Å². The largest absolute Gasteiger partial charge is 0.481 e. The summed E-state index contributed by atoms with van der Waals surface area (Å²) in [5, 5.41) is 20.3. The number of carbonyl (C=O) groups is 2.